The average Bonchev–Trinajstić information content (AvgIpc) is 2.95. The first kappa shape index (κ1) is 15.0. The highest BCUT2D eigenvalue weighted by Gasteiger charge is 2.28. The number of aryl methyl sites for hydroxylation is 1. The van der Waals surface area contributed by atoms with Gasteiger partial charge in [-0.15, -0.1) is 0 Å². The number of H-pyrrole nitrogens is 1. The van der Waals surface area contributed by atoms with Gasteiger partial charge in [0.05, 0.1) is 12.7 Å². The van der Waals surface area contributed by atoms with Crippen LogP contribution in [0.3, 0.4) is 0 Å². The van der Waals surface area contributed by atoms with Crippen molar-refractivity contribution in [2.75, 3.05) is 19.6 Å². The van der Waals surface area contributed by atoms with Crippen molar-refractivity contribution in [3.63, 3.8) is 0 Å². The van der Waals surface area contributed by atoms with E-state index in [9.17, 15) is 9.59 Å². The van der Waals surface area contributed by atoms with Crippen LogP contribution in [-0.2, 0) is 22.4 Å². The highest BCUT2D eigenvalue weighted by molar-refractivity contribution is 5.79. The molecule has 7 heteroatoms. The van der Waals surface area contributed by atoms with Gasteiger partial charge in [0, 0.05) is 17.7 Å². The van der Waals surface area contributed by atoms with Crippen molar-refractivity contribution in [1.82, 2.24) is 20.4 Å². The van der Waals surface area contributed by atoms with Gasteiger partial charge < -0.3 is 11.1 Å². The van der Waals surface area contributed by atoms with Gasteiger partial charge in [0.2, 0.25) is 11.8 Å². The molecule has 0 spiro atoms. The normalized spacial score (nSPS) is 23.0. The molecule has 1 unspecified atom stereocenters. The fourth-order valence-electron chi connectivity index (χ4n) is 3.43. The van der Waals surface area contributed by atoms with Crippen LogP contribution >= 0.6 is 0 Å². The first-order valence-electron chi connectivity index (χ1n) is 7.94. The number of hydrogen-bond donors (Lipinski definition) is 3. The van der Waals surface area contributed by atoms with E-state index in [-0.39, 0.29) is 23.8 Å². The zero-order chi connectivity index (χ0) is 15.5. The van der Waals surface area contributed by atoms with Crippen molar-refractivity contribution in [2.45, 2.75) is 38.1 Å². The van der Waals surface area contributed by atoms with Gasteiger partial charge >= 0.3 is 0 Å². The number of hydrogen-bond acceptors (Lipinski definition) is 4. The van der Waals surface area contributed by atoms with E-state index in [4.69, 9.17) is 5.73 Å². The second-order valence-corrected chi connectivity index (χ2v) is 6.34. The Labute approximate surface area is 129 Å². The molecule has 120 valence electrons. The molecule has 1 aliphatic carbocycles. The molecule has 0 bridgehead atoms. The molecule has 2 heterocycles. The number of primary amides is 1. The first-order chi connectivity index (χ1) is 10.6. The maximum absolute atomic E-state index is 12.4. The lowest BCUT2D eigenvalue weighted by atomic mass is 9.91. The Bertz CT molecular complexity index is 548. The molecule has 7 nitrogen and oxygen atoms in total. The van der Waals surface area contributed by atoms with Crippen molar-refractivity contribution in [3.8, 4) is 0 Å². The number of aromatic amines is 1. The van der Waals surface area contributed by atoms with Crippen LogP contribution in [0.4, 0.5) is 0 Å². The van der Waals surface area contributed by atoms with E-state index in [1.54, 1.807) is 0 Å². The Morgan fingerprint density at radius 2 is 2.14 bits per heavy atom. The molecular formula is C15H23N5O2. The van der Waals surface area contributed by atoms with Gasteiger partial charge in [-0.2, -0.15) is 5.10 Å². The molecule has 0 aromatic carbocycles. The summed E-state index contributed by atoms with van der Waals surface area (Å²) in [6, 6.07) is 0.209. The van der Waals surface area contributed by atoms with E-state index in [2.05, 4.69) is 15.5 Å². The number of fused-ring (bicyclic) bond motifs is 1. The van der Waals surface area contributed by atoms with Crippen LogP contribution in [0.5, 0.6) is 0 Å². The van der Waals surface area contributed by atoms with E-state index in [1.807, 2.05) is 11.1 Å². The molecule has 1 saturated heterocycles. The third-order valence-corrected chi connectivity index (χ3v) is 4.70. The highest BCUT2D eigenvalue weighted by atomic mass is 16.2. The molecule has 1 aliphatic heterocycles. The van der Waals surface area contributed by atoms with Gasteiger partial charge in [-0.05, 0) is 50.8 Å². The Morgan fingerprint density at radius 1 is 1.36 bits per heavy atom. The van der Waals surface area contributed by atoms with Gasteiger partial charge in [-0.3, -0.25) is 19.6 Å². The Balaban J connectivity index is 1.46. The average molecular weight is 305 g/mol. The Kier molecular flexibility index (Phi) is 4.42. The Hall–Kier alpha value is -1.89. The molecule has 1 fully saturated rings. The molecule has 3 rings (SSSR count). The van der Waals surface area contributed by atoms with E-state index < -0.39 is 0 Å². The number of nitrogens with one attached hydrogen (secondary N) is 2. The molecule has 1 aromatic heterocycles. The van der Waals surface area contributed by atoms with Gasteiger partial charge in [-0.25, -0.2) is 0 Å². The number of nitrogens with zero attached hydrogens (tertiary/aromatic N) is 2. The van der Waals surface area contributed by atoms with Crippen LogP contribution in [-0.4, -0.2) is 52.6 Å². The van der Waals surface area contributed by atoms with Crippen LogP contribution in [0, 0.1) is 5.92 Å². The zero-order valence-corrected chi connectivity index (χ0v) is 12.7. The van der Waals surface area contributed by atoms with Gasteiger partial charge in [0.25, 0.3) is 0 Å². The fourth-order valence-corrected chi connectivity index (χ4v) is 3.43. The van der Waals surface area contributed by atoms with Crippen molar-refractivity contribution >= 4 is 11.8 Å². The second-order valence-electron chi connectivity index (χ2n) is 6.34. The summed E-state index contributed by atoms with van der Waals surface area (Å²) < 4.78 is 0. The summed E-state index contributed by atoms with van der Waals surface area (Å²) in [5.41, 5.74) is 7.62. The summed E-state index contributed by atoms with van der Waals surface area (Å²) in [4.78, 5) is 25.3. The maximum atomic E-state index is 12.4. The van der Waals surface area contributed by atoms with Crippen LogP contribution in [0.1, 0.15) is 30.5 Å². The number of aromatic nitrogens is 2. The van der Waals surface area contributed by atoms with Crippen LogP contribution < -0.4 is 11.1 Å². The third-order valence-electron chi connectivity index (χ3n) is 4.70. The highest BCUT2D eigenvalue weighted by Crippen LogP contribution is 2.21. The number of likely N-dealkylation sites (tertiary alicyclic amines) is 1. The van der Waals surface area contributed by atoms with E-state index in [0.717, 1.165) is 45.2 Å². The summed E-state index contributed by atoms with van der Waals surface area (Å²) in [5, 5.41) is 10.3. The third kappa shape index (κ3) is 3.47. The van der Waals surface area contributed by atoms with Crippen molar-refractivity contribution in [1.29, 1.82) is 0 Å². The molecule has 0 radical (unpaired) electrons. The topological polar surface area (TPSA) is 104 Å². The summed E-state index contributed by atoms with van der Waals surface area (Å²) in [7, 11) is 0. The van der Waals surface area contributed by atoms with Gasteiger partial charge in [0.15, 0.2) is 0 Å². The monoisotopic (exact) mass is 305 g/mol. The molecule has 1 aromatic rings. The lowest BCUT2D eigenvalue weighted by molar-refractivity contribution is -0.127. The fraction of sp³-hybridized carbons (Fsp3) is 0.667. The SMILES string of the molecule is NC(=O)CN1CCC(C(=O)NC2CCc3[nH]ncc3C2)CC1. The van der Waals surface area contributed by atoms with E-state index in [0.29, 0.717) is 6.54 Å². The lowest BCUT2D eigenvalue weighted by Gasteiger charge is -2.32. The number of rotatable bonds is 4. The predicted octanol–water partition coefficient (Wildman–Crippen LogP) is -0.419. The molecule has 22 heavy (non-hydrogen) atoms. The first-order valence-corrected chi connectivity index (χ1v) is 7.94. The zero-order valence-electron chi connectivity index (χ0n) is 12.7. The second kappa shape index (κ2) is 6.48. The molecule has 2 amide bonds. The van der Waals surface area contributed by atoms with Crippen molar-refractivity contribution in [2.24, 2.45) is 11.7 Å². The van der Waals surface area contributed by atoms with Gasteiger partial charge in [-0.1, -0.05) is 0 Å². The van der Waals surface area contributed by atoms with E-state index in [1.165, 1.54) is 11.3 Å². The van der Waals surface area contributed by atoms with Gasteiger partial charge in [0.1, 0.15) is 0 Å². The number of carbonyl (C=O) groups is 2. The quantitative estimate of drug-likeness (QED) is 0.703. The van der Waals surface area contributed by atoms with Crippen LogP contribution in [0.2, 0.25) is 0 Å². The number of amides is 2. The minimum absolute atomic E-state index is 0.0508. The smallest absolute Gasteiger partial charge is 0.231 e. The number of carbonyl (C=O) groups excluding carboxylic acids is 2. The maximum Gasteiger partial charge on any atom is 0.231 e. The van der Waals surface area contributed by atoms with Crippen LogP contribution in [0.15, 0.2) is 6.20 Å². The lowest BCUT2D eigenvalue weighted by Crippen LogP contribution is -2.46. The number of nitrogens with two attached hydrogens (primary N) is 1. The molecule has 4 N–H and O–H groups in total. The minimum Gasteiger partial charge on any atom is -0.369 e. The summed E-state index contributed by atoms with van der Waals surface area (Å²) in [5.74, 6) is -0.105. The summed E-state index contributed by atoms with van der Waals surface area (Å²) in [6.45, 7) is 1.81. The van der Waals surface area contributed by atoms with E-state index >= 15 is 0 Å². The minimum atomic E-state index is -0.305. The standard InChI is InChI=1S/C15H23N5O2/c16-14(21)9-20-5-3-10(4-6-20)15(22)18-12-1-2-13-11(7-12)8-17-19-13/h8,10,12H,1-7,9H2,(H2,16,21)(H,17,19)(H,18,22). The summed E-state index contributed by atoms with van der Waals surface area (Å²) >= 11 is 0. The largest absolute Gasteiger partial charge is 0.369 e. The molecule has 1 atom stereocenters. The Morgan fingerprint density at radius 3 is 2.86 bits per heavy atom. The molecular weight excluding hydrogens is 282 g/mol. The summed E-state index contributed by atoms with van der Waals surface area (Å²) in [6.07, 6.45) is 6.21. The number of piperidine rings is 1. The molecule has 0 saturated carbocycles. The molecule has 2 aliphatic rings. The predicted molar refractivity (Wildman–Crippen MR) is 80.9 cm³/mol. The van der Waals surface area contributed by atoms with Crippen molar-refractivity contribution < 1.29 is 9.59 Å². The van der Waals surface area contributed by atoms with Crippen LogP contribution in [0.25, 0.3) is 0 Å². The van der Waals surface area contributed by atoms with Crippen molar-refractivity contribution in [3.05, 3.63) is 17.5 Å².